The van der Waals surface area contributed by atoms with Crippen molar-refractivity contribution in [3.63, 3.8) is 0 Å². The molecule has 0 radical (unpaired) electrons. The number of methoxy groups -OCH3 is 2. The summed E-state index contributed by atoms with van der Waals surface area (Å²) in [5, 5.41) is 14.3. The molecule has 0 aromatic heterocycles. The van der Waals surface area contributed by atoms with Gasteiger partial charge in [-0.3, -0.25) is 9.59 Å². The molecule has 0 unspecified atom stereocenters. The summed E-state index contributed by atoms with van der Waals surface area (Å²) < 4.78 is 15.3. The molecule has 2 amide bonds. The van der Waals surface area contributed by atoms with Gasteiger partial charge in [-0.25, -0.2) is 9.59 Å². The van der Waals surface area contributed by atoms with E-state index < -0.39 is 36.3 Å². The average molecular weight is 485 g/mol. The number of carbonyl (C=O) groups is 4. The lowest BCUT2D eigenvalue weighted by Crippen LogP contribution is -2.52. The van der Waals surface area contributed by atoms with Crippen molar-refractivity contribution in [3.05, 3.63) is 35.9 Å². The number of hydrogen-bond donors (Lipinski definition) is 3. The van der Waals surface area contributed by atoms with Crippen LogP contribution in [0, 0.1) is 0 Å². The van der Waals surface area contributed by atoms with Crippen LogP contribution in [-0.4, -0.2) is 66.5 Å². The summed E-state index contributed by atoms with van der Waals surface area (Å²) in [6.07, 6.45) is -0.124. The Bertz CT molecular complexity index is 758. The molecule has 0 aliphatic carbocycles. The number of rotatable bonds is 15. The molecule has 0 heterocycles. The molecule has 0 aliphatic heterocycles. The Morgan fingerprint density at radius 3 is 2.21 bits per heavy atom. The average Bonchev–Trinajstić information content (AvgIpc) is 2.79. The lowest BCUT2D eigenvalue weighted by molar-refractivity contribution is -0.142. The molecule has 33 heavy (non-hydrogen) atoms. The highest BCUT2D eigenvalue weighted by Crippen LogP contribution is 2.10. The zero-order valence-corrected chi connectivity index (χ0v) is 19.9. The minimum atomic E-state index is -1.20. The minimum absolute atomic E-state index is 0.0150. The highest BCUT2D eigenvalue weighted by atomic mass is 32.2. The number of carboxylic acids is 1. The zero-order valence-electron chi connectivity index (χ0n) is 19.1. The number of benzene rings is 1. The van der Waals surface area contributed by atoms with E-state index in [0.29, 0.717) is 12.8 Å². The lowest BCUT2D eigenvalue weighted by atomic mass is 10.1. The van der Waals surface area contributed by atoms with Crippen molar-refractivity contribution >= 4 is 34.8 Å². The molecular formula is C22H32N2O8S. The minimum Gasteiger partial charge on any atom is -0.480 e. The molecule has 2 atom stereocenters. The molecule has 1 rings (SSSR count). The molecule has 0 fully saturated rings. The number of hydrogen-bond acceptors (Lipinski definition) is 8. The Morgan fingerprint density at radius 1 is 0.970 bits per heavy atom. The second-order valence-electron chi connectivity index (χ2n) is 7.12. The molecule has 184 valence electrons. The fourth-order valence-electron chi connectivity index (χ4n) is 2.85. The van der Waals surface area contributed by atoms with Crippen LogP contribution in [0.5, 0.6) is 0 Å². The second kappa shape index (κ2) is 16.1. The van der Waals surface area contributed by atoms with Gasteiger partial charge in [-0.15, -0.1) is 0 Å². The number of alkyl carbamates (subject to hydrolysis) is 1. The number of amides is 2. The maximum absolute atomic E-state index is 12.8. The first kappa shape index (κ1) is 28.4. The Balaban J connectivity index is 2.70. The van der Waals surface area contributed by atoms with Gasteiger partial charge in [0.25, 0.3) is 0 Å². The van der Waals surface area contributed by atoms with Gasteiger partial charge in [0, 0.05) is 26.9 Å². The lowest BCUT2D eigenvalue weighted by Gasteiger charge is -2.21. The van der Waals surface area contributed by atoms with Gasteiger partial charge < -0.3 is 30.0 Å². The monoisotopic (exact) mass is 484 g/mol. The largest absolute Gasteiger partial charge is 0.480 e. The van der Waals surface area contributed by atoms with E-state index in [-0.39, 0.29) is 30.3 Å². The van der Waals surface area contributed by atoms with E-state index >= 15 is 0 Å². The number of aliphatic carboxylic acids is 1. The van der Waals surface area contributed by atoms with Crippen LogP contribution in [0.1, 0.15) is 38.2 Å². The molecular weight excluding hydrogens is 452 g/mol. The quantitative estimate of drug-likeness (QED) is 0.320. The highest BCUT2D eigenvalue weighted by Gasteiger charge is 2.27. The summed E-state index contributed by atoms with van der Waals surface area (Å²) in [5.74, 6) is -1.59. The summed E-state index contributed by atoms with van der Waals surface area (Å²) in [7, 11) is 2.97. The van der Waals surface area contributed by atoms with E-state index in [2.05, 4.69) is 10.6 Å². The van der Waals surface area contributed by atoms with Crippen molar-refractivity contribution in [2.75, 3.05) is 20.0 Å². The summed E-state index contributed by atoms with van der Waals surface area (Å²) in [5.41, 5.74) is 0.775. The Labute approximate surface area is 197 Å². The first-order valence-electron chi connectivity index (χ1n) is 10.5. The van der Waals surface area contributed by atoms with Crippen molar-refractivity contribution in [2.45, 2.75) is 57.6 Å². The number of ether oxygens (including phenoxy) is 3. The van der Waals surface area contributed by atoms with Crippen LogP contribution < -0.4 is 10.6 Å². The van der Waals surface area contributed by atoms with Crippen LogP contribution in [0.4, 0.5) is 4.79 Å². The van der Waals surface area contributed by atoms with Crippen LogP contribution in [-0.2, 0) is 35.2 Å². The van der Waals surface area contributed by atoms with Crippen LogP contribution in [0.3, 0.4) is 0 Å². The third kappa shape index (κ3) is 12.3. The molecule has 0 aliphatic rings. The fourth-order valence-corrected chi connectivity index (χ4v) is 3.49. The molecule has 0 spiro atoms. The van der Waals surface area contributed by atoms with Gasteiger partial charge in [-0.1, -0.05) is 42.1 Å². The van der Waals surface area contributed by atoms with Crippen LogP contribution in [0.2, 0.25) is 0 Å². The first-order valence-corrected chi connectivity index (χ1v) is 11.4. The van der Waals surface area contributed by atoms with Gasteiger partial charge in [-0.2, -0.15) is 0 Å². The number of carboxylic acid groups (broad SMARTS) is 1. The molecule has 1 aromatic rings. The zero-order chi connectivity index (χ0) is 24.6. The molecule has 0 saturated carbocycles. The number of nitrogens with one attached hydrogen (secondary N) is 2. The first-order chi connectivity index (χ1) is 15.8. The van der Waals surface area contributed by atoms with Gasteiger partial charge in [0.1, 0.15) is 18.7 Å². The predicted octanol–water partition coefficient (Wildman–Crippen LogP) is 2.31. The Morgan fingerprint density at radius 2 is 1.64 bits per heavy atom. The second-order valence-corrected chi connectivity index (χ2v) is 8.39. The summed E-state index contributed by atoms with van der Waals surface area (Å²) in [6, 6.07) is 6.80. The summed E-state index contributed by atoms with van der Waals surface area (Å²) >= 11 is 1.01. The van der Waals surface area contributed by atoms with Crippen LogP contribution >= 0.6 is 11.8 Å². The molecule has 11 heteroatoms. The third-order valence-corrected chi connectivity index (χ3v) is 5.45. The van der Waals surface area contributed by atoms with Crippen molar-refractivity contribution in [2.24, 2.45) is 0 Å². The Kier molecular flexibility index (Phi) is 13.8. The molecule has 0 saturated heterocycles. The van der Waals surface area contributed by atoms with E-state index in [1.54, 1.807) is 24.3 Å². The maximum atomic E-state index is 12.8. The van der Waals surface area contributed by atoms with Gasteiger partial charge in [0.15, 0.2) is 11.4 Å². The topological polar surface area (TPSA) is 140 Å². The molecule has 0 bridgehead atoms. The van der Waals surface area contributed by atoms with Gasteiger partial charge in [0.05, 0.1) is 0 Å². The maximum Gasteiger partial charge on any atom is 0.408 e. The van der Waals surface area contributed by atoms with E-state index in [1.807, 2.05) is 6.07 Å². The Hall–Kier alpha value is -2.63. The van der Waals surface area contributed by atoms with E-state index in [9.17, 15) is 24.3 Å². The van der Waals surface area contributed by atoms with Crippen LogP contribution in [0.15, 0.2) is 30.3 Å². The number of carbonyl (C=O) groups excluding carboxylic acids is 3. The van der Waals surface area contributed by atoms with Crippen molar-refractivity contribution in [1.29, 1.82) is 0 Å². The standard InChI is InChI=1S/C22H32N2O8S/c1-15(25)33-13-12-17(24-22(29)32-14-16-8-5-4-6-9-16)20(26)23-18(21(27)28)10-7-11-19(30-2)31-3/h4-6,8-9,17-19H,7,10-14H2,1-3H3,(H,23,26)(H,24,29)(H,27,28)/t17-,18-/m0/s1. The van der Waals surface area contributed by atoms with Crippen molar-refractivity contribution in [3.8, 4) is 0 Å². The molecule has 3 N–H and O–H groups in total. The smallest absolute Gasteiger partial charge is 0.408 e. The van der Waals surface area contributed by atoms with Crippen LogP contribution in [0.25, 0.3) is 0 Å². The third-order valence-electron chi connectivity index (χ3n) is 4.61. The molecule has 1 aromatic carbocycles. The van der Waals surface area contributed by atoms with Crippen molar-refractivity contribution in [1.82, 2.24) is 10.6 Å². The van der Waals surface area contributed by atoms with E-state index in [1.165, 1.54) is 21.1 Å². The normalized spacial score (nSPS) is 12.6. The number of thioether (sulfide) groups is 1. The fraction of sp³-hybridized carbons (Fsp3) is 0.545. The summed E-state index contributed by atoms with van der Waals surface area (Å²) in [6.45, 7) is 1.41. The van der Waals surface area contributed by atoms with Gasteiger partial charge >= 0.3 is 12.1 Å². The van der Waals surface area contributed by atoms with Gasteiger partial charge in [-0.05, 0) is 31.2 Å². The highest BCUT2D eigenvalue weighted by molar-refractivity contribution is 8.13. The summed E-state index contributed by atoms with van der Waals surface area (Å²) in [4.78, 5) is 47.8. The van der Waals surface area contributed by atoms with Crippen molar-refractivity contribution < 1.29 is 38.5 Å². The molecule has 10 nitrogen and oxygen atoms in total. The SMILES string of the molecule is COC(CCC[C@H](NC(=O)[C@H](CCSC(C)=O)NC(=O)OCc1ccccc1)C(=O)O)OC. The van der Waals surface area contributed by atoms with E-state index in [4.69, 9.17) is 14.2 Å². The van der Waals surface area contributed by atoms with E-state index in [0.717, 1.165) is 17.3 Å². The van der Waals surface area contributed by atoms with Gasteiger partial charge in [0.2, 0.25) is 5.91 Å². The predicted molar refractivity (Wildman–Crippen MR) is 123 cm³/mol.